The van der Waals surface area contributed by atoms with Crippen molar-refractivity contribution in [2.45, 2.75) is 13.1 Å². The lowest BCUT2D eigenvalue weighted by Crippen LogP contribution is -2.07. The number of nitrogens with zero attached hydrogens (tertiary/aromatic N) is 3. The first-order valence-electron chi connectivity index (χ1n) is 8.05. The van der Waals surface area contributed by atoms with Crippen molar-refractivity contribution in [3.63, 3.8) is 0 Å². The van der Waals surface area contributed by atoms with Gasteiger partial charge in [-0.15, -0.1) is 0 Å². The molecule has 3 rings (SSSR count). The van der Waals surface area contributed by atoms with Gasteiger partial charge in [0.1, 0.15) is 5.82 Å². The van der Waals surface area contributed by atoms with Crippen molar-refractivity contribution >= 4 is 33.4 Å². The van der Waals surface area contributed by atoms with E-state index in [1.807, 2.05) is 19.1 Å². The summed E-state index contributed by atoms with van der Waals surface area (Å²) in [6.45, 7) is 2.53. The molecule has 3 aromatic rings. The maximum Gasteiger partial charge on any atom is 0.416 e. The molecular formula is C18H15BrF3N5. The van der Waals surface area contributed by atoms with E-state index in [4.69, 9.17) is 0 Å². The van der Waals surface area contributed by atoms with Crippen molar-refractivity contribution in [3.8, 4) is 11.4 Å². The Balaban J connectivity index is 1.96. The first-order valence-corrected chi connectivity index (χ1v) is 8.84. The van der Waals surface area contributed by atoms with Gasteiger partial charge in [0.25, 0.3) is 0 Å². The van der Waals surface area contributed by atoms with Crippen molar-refractivity contribution < 1.29 is 13.2 Å². The molecule has 0 amide bonds. The summed E-state index contributed by atoms with van der Waals surface area (Å²) in [5.41, 5.74) is 0.974. The van der Waals surface area contributed by atoms with Gasteiger partial charge in [0.15, 0.2) is 0 Å². The zero-order valence-corrected chi connectivity index (χ0v) is 15.8. The van der Waals surface area contributed by atoms with Crippen LogP contribution >= 0.6 is 15.9 Å². The molecule has 0 aliphatic heterocycles. The van der Waals surface area contributed by atoms with Crippen LogP contribution < -0.4 is 10.6 Å². The highest BCUT2D eigenvalue weighted by atomic mass is 79.9. The number of aromatic nitrogens is 3. The van der Waals surface area contributed by atoms with Crippen molar-refractivity contribution in [1.82, 2.24) is 15.0 Å². The van der Waals surface area contributed by atoms with Crippen molar-refractivity contribution in [1.29, 1.82) is 0 Å². The van der Waals surface area contributed by atoms with Gasteiger partial charge >= 0.3 is 6.18 Å². The highest BCUT2D eigenvalue weighted by Crippen LogP contribution is 2.35. The van der Waals surface area contributed by atoms with Crippen LogP contribution in [-0.2, 0) is 6.18 Å². The Kier molecular flexibility index (Phi) is 5.59. The zero-order chi connectivity index (χ0) is 19.4. The minimum Gasteiger partial charge on any atom is -0.354 e. The molecule has 0 unspecified atom stereocenters. The number of rotatable bonds is 5. The van der Waals surface area contributed by atoms with Crippen molar-refractivity contribution in [3.05, 3.63) is 58.7 Å². The number of anilines is 3. The van der Waals surface area contributed by atoms with Gasteiger partial charge in [-0.25, -0.2) is 4.98 Å². The summed E-state index contributed by atoms with van der Waals surface area (Å²) in [5, 5.41) is 6.06. The molecule has 1 aromatic carbocycles. The molecule has 0 radical (unpaired) electrons. The van der Waals surface area contributed by atoms with E-state index < -0.39 is 11.7 Å². The van der Waals surface area contributed by atoms with Crippen LogP contribution in [0.4, 0.5) is 30.6 Å². The van der Waals surface area contributed by atoms with E-state index in [2.05, 4.69) is 41.5 Å². The molecule has 140 valence electrons. The minimum absolute atomic E-state index is 0.278. The first kappa shape index (κ1) is 19.1. The van der Waals surface area contributed by atoms with Crippen LogP contribution in [0.15, 0.2) is 53.1 Å². The van der Waals surface area contributed by atoms with E-state index in [1.165, 1.54) is 6.07 Å². The molecule has 0 spiro atoms. The van der Waals surface area contributed by atoms with E-state index in [1.54, 1.807) is 18.3 Å². The van der Waals surface area contributed by atoms with Gasteiger partial charge in [-0.2, -0.15) is 18.2 Å². The van der Waals surface area contributed by atoms with E-state index in [0.717, 1.165) is 12.1 Å². The Morgan fingerprint density at radius 2 is 1.85 bits per heavy atom. The van der Waals surface area contributed by atoms with E-state index in [-0.39, 0.29) is 4.47 Å². The molecule has 0 aliphatic carbocycles. The number of hydrogen-bond donors (Lipinski definition) is 2. The number of nitrogens with one attached hydrogen (secondary N) is 2. The normalized spacial score (nSPS) is 11.3. The predicted octanol–water partition coefficient (Wildman–Crippen LogP) is 5.50. The fraction of sp³-hybridized carbons (Fsp3) is 0.167. The lowest BCUT2D eigenvalue weighted by atomic mass is 10.2. The summed E-state index contributed by atoms with van der Waals surface area (Å²) in [7, 11) is 0. The molecule has 0 saturated carbocycles. The lowest BCUT2D eigenvalue weighted by Gasteiger charge is -2.13. The number of pyridine rings is 1. The Hall–Kier alpha value is -2.68. The SMILES string of the molecule is CCNc1nc(Nc2ccc(C(F)(F)F)cc2Br)cc(-c2ccccn2)n1. The fourth-order valence-electron chi connectivity index (χ4n) is 2.32. The van der Waals surface area contributed by atoms with Gasteiger partial charge in [0.05, 0.1) is 22.6 Å². The maximum absolute atomic E-state index is 12.8. The third-order valence-electron chi connectivity index (χ3n) is 3.55. The highest BCUT2D eigenvalue weighted by Gasteiger charge is 2.30. The van der Waals surface area contributed by atoms with E-state index in [9.17, 15) is 13.2 Å². The van der Waals surface area contributed by atoms with Crippen LogP contribution in [-0.4, -0.2) is 21.5 Å². The minimum atomic E-state index is -4.40. The average molecular weight is 438 g/mol. The summed E-state index contributed by atoms with van der Waals surface area (Å²) in [4.78, 5) is 13.0. The smallest absolute Gasteiger partial charge is 0.354 e. The molecular weight excluding hydrogens is 423 g/mol. The standard InChI is InChI=1S/C18H15BrF3N5/c1-2-23-17-26-15(14-5-3-4-8-24-14)10-16(27-17)25-13-7-6-11(9-12(13)19)18(20,21)22/h3-10H,2H2,1H3,(H2,23,25,26,27). The van der Waals surface area contributed by atoms with E-state index in [0.29, 0.717) is 35.4 Å². The van der Waals surface area contributed by atoms with Gasteiger partial charge < -0.3 is 10.6 Å². The molecule has 0 atom stereocenters. The summed E-state index contributed by atoms with van der Waals surface area (Å²) < 4.78 is 38.8. The molecule has 0 bridgehead atoms. The third-order valence-corrected chi connectivity index (χ3v) is 4.20. The van der Waals surface area contributed by atoms with Gasteiger partial charge in [-0.3, -0.25) is 4.98 Å². The number of benzene rings is 1. The van der Waals surface area contributed by atoms with Gasteiger partial charge in [-0.05, 0) is 53.2 Å². The molecule has 0 saturated heterocycles. The topological polar surface area (TPSA) is 62.7 Å². The maximum atomic E-state index is 12.8. The Labute approximate surface area is 162 Å². The largest absolute Gasteiger partial charge is 0.416 e. The van der Waals surface area contributed by atoms with Crippen LogP contribution in [0.2, 0.25) is 0 Å². The fourth-order valence-corrected chi connectivity index (χ4v) is 2.80. The van der Waals surface area contributed by atoms with Crippen LogP contribution in [0.25, 0.3) is 11.4 Å². The average Bonchev–Trinajstić information content (AvgIpc) is 2.63. The zero-order valence-electron chi connectivity index (χ0n) is 14.2. The summed E-state index contributed by atoms with van der Waals surface area (Å²) in [6, 6.07) is 10.5. The monoisotopic (exact) mass is 437 g/mol. The van der Waals surface area contributed by atoms with Crippen LogP contribution in [0.3, 0.4) is 0 Å². The summed E-state index contributed by atoms with van der Waals surface area (Å²) in [5.74, 6) is 0.827. The van der Waals surface area contributed by atoms with Crippen molar-refractivity contribution in [2.75, 3.05) is 17.2 Å². The molecule has 2 aromatic heterocycles. The van der Waals surface area contributed by atoms with Gasteiger partial charge in [0.2, 0.25) is 5.95 Å². The second kappa shape index (κ2) is 7.91. The van der Waals surface area contributed by atoms with Crippen LogP contribution in [0, 0.1) is 0 Å². The van der Waals surface area contributed by atoms with Gasteiger partial charge in [-0.1, -0.05) is 6.07 Å². The number of alkyl halides is 3. The molecule has 0 aliphatic rings. The Morgan fingerprint density at radius 1 is 1.04 bits per heavy atom. The molecule has 5 nitrogen and oxygen atoms in total. The summed E-state index contributed by atoms with van der Waals surface area (Å²) >= 11 is 3.18. The molecule has 2 N–H and O–H groups in total. The molecule has 0 fully saturated rings. The summed E-state index contributed by atoms with van der Waals surface area (Å²) in [6.07, 6.45) is -2.75. The quantitative estimate of drug-likeness (QED) is 0.551. The molecule has 27 heavy (non-hydrogen) atoms. The highest BCUT2D eigenvalue weighted by molar-refractivity contribution is 9.10. The van der Waals surface area contributed by atoms with Crippen LogP contribution in [0.5, 0.6) is 0 Å². The first-order chi connectivity index (χ1) is 12.9. The third kappa shape index (κ3) is 4.73. The molecule has 2 heterocycles. The number of hydrogen-bond acceptors (Lipinski definition) is 5. The Morgan fingerprint density at radius 3 is 2.48 bits per heavy atom. The lowest BCUT2D eigenvalue weighted by molar-refractivity contribution is -0.137. The van der Waals surface area contributed by atoms with Crippen molar-refractivity contribution in [2.24, 2.45) is 0 Å². The molecule has 9 heteroatoms. The number of halogens is 4. The second-order valence-corrected chi connectivity index (χ2v) is 6.38. The van der Waals surface area contributed by atoms with Gasteiger partial charge in [0, 0.05) is 23.3 Å². The van der Waals surface area contributed by atoms with E-state index >= 15 is 0 Å². The Bertz CT molecular complexity index is 932. The van der Waals surface area contributed by atoms with Crippen LogP contribution in [0.1, 0.15) is 12.5 Å². The predicted molar refractivity (Wildman–Crippen MR) is 102 cm³/mol. The second-order valence-electron chi connectivity index (χ2n) is 5.52.